The van der Waals surface area contributed by atoms with Crippen LogP contribution in [0.2, 0.25) is 0 Å². The largest absolute Gasteiger partial charge is 0.382 e. The highest BCUT2D eigenvalue weighted by molar-refractivity contribution is 5.42. The third kappa shape index (κ3) is 1.71. The monoisotopic (exact) mass is 478 g/mol. The van der Waals surface area contributed by atoms with Crippen molar-refractivity contribution in [2.75, 3.05) is 0 Å². The Labute approximate surface area is 146 Å². The summed E-state index contributed by atoms with van der Waals surface area (Å²) in [6.45, 7) is 0. The van der Waals surface area contributed by atoms with Crippen LogP contribution in [0.15, 0.2) is 0 Å². The van der Waals surface area contributed by atoms with E-state index in [1.165, 1.54) is 0 Å². The van der Waals surface area contributed by atoms with E-state index in [9.17, 15) is 79.0 Å². The van der Waals surface area contributed by atoms with E-state index >= 15 is 0 Å². The van der Waals surface area contributed by atoms with Crippen LogP contribution >= 0.6 is 0 Å². The van der Waals surface area contributed by atoms with E-state index in [1.54, 1.807) is 0 Å². The third-order valence-electron chi connectivity index (χ3n) is 4.57. The molecule has 0 atom stereocenters. The van der Waals surface area contributed by atoms with E-state index in [1.807, 2.05) is 0 Å². The molecule has 0 nitrogen and oxygen atoms in total. The van der Waals surface area contributed by atoms with Crippen molar-refractivity contribution < 1.29 is 79.0 Å². The Morgan fingerprint density at radius 3 is 0.414 bits per heavy atom. The SMILES string of the molecule is C.FC1(F)C(F)(F)C(F)(F)C2(F)C(F)(F)C(F)(F)C(F)(F)C(F)(F)C2(F)C1(F)F. The molecule has 0 aromatic carbocycles. The Bertz CT molecular complexity index is 589. The van der Waals surface area contributed by atoms with Crippen LogP contribution in [-0.4, -0.2) is 58.7 Å². The molecule has 0 aliphatic heterocycles. The van der Waals surface area contributed by atoms with Crippen molar-refractivity contribution in [3.63, 3.8) is 0 Å². The maximum Gasteiger partial charge on any atom is 0.382 e. The molecule has 0 aromatic rings. The molecule has 0 radical (unpaired) electrons. The first-order valence-electron chi connectivity index (χ1n) is 6.15. The normalized spacial score (nSPS) is 41.6. The molecule has 2 aliphatic rings. The highest BCUT2D eigenvalue weighted by Gasteiger charge is 3.15. The minimum atomic E-state index is -8.64. The van der Waals surface area contributed by atoms with Gasteiger partial charge in [-0.25, -0.2) is 8.78 Å². The summed E-state index contributed by atoms with van der Waals surface area (Å²) in [6, 6.07) is 0. The van der Waals surface area contributed by atoms with Gasteiger partial charge in [-0.3, -0.25) is 0 Å². The summed E-state index contributed by atoms with van der Waals surface area (Å²) in [6.07, 6.45) is 0. The Balaban J connectivity index is 0.00000420. The summed E-state index contributed by atoms with van der Waals surface area (Å²) in [5.41, 5.74) is -17.3. The molecular formula is C11H4F18. The quantitative estimate of drug-likeness (QED) is 0.367. The zero-order valence-electron chi connectivity index (χ0n) is 11.8. The molecule has 2 rings (SSSR count). The van der Waals surface area contributed by atoms with Crippen LogP contribution in [0.1, 0.15) is 7.43 Å². The molecule has 0 unspecified atom stereocenters. The van der Waals surface area contributed by atoms with Gasteiger partial charge in [-0.05, 0) is 0 Å². The van der Waals surface area contributed by atoms with Crippen molar-refractivity contribution in [2.24, 2.45) is 0 Å². The molecule has 0 amide bonds. The second kappa shape index (κ2) is 5.13. The topological polar surface area (TPSA) is 0 Å². The van der Waals surface area contributed by atoms with Gasteiger partial charge >= 0.3 is 47.4 Å². The minimum absolute atomic E-state index is 0. The van der Waals surface area contributed by atoms with Crippen LogP contribution < -0.4 is 0 Å². The molecule has 2 aliphatic carbocycles. The standard InChI is InChI=1S/C10F18.CH4/c11-1-2(12,5(17,18)9(25,26)7(21,22)3(1,13)14)6(19,20)10(27,28)8(23,24)4(1,15)16;/h;1H4. The number of hydrogen-bond acceptors (Lipinski definition) is 0. The minimum Gasteiger partial charge on any atom is -0.226 e. The molecule has 2 fully saturated rings. The van der Waals surface area contributed by atoms with Crippen LogP contribution in [0.5, 0.6) is 0 Å². The number of fused-ring (bicyclic) bond motifs is 1. The van der Waals surface area contributed by atoms with Gasteiger partial charge in [0.2, 0.25) is 0 Å². The van der Waals surface area contributed by atoms with Crippen LogP contribution in [0, 0.1) is 0 Å². The van der Waals surface area contributed by atoms with Gasteiger partial charge in [0.05, 0.1) is 0 Å². The van der Waals surface area contributed by atoms with E-state index in [0.717, 1.165) is 0 Å². The molecule has 29 heavy (non-hydrogen) atoms. The summed E-state index contributed by atoms with van der Waals surface area (Å²) in [7, 11) is 0. The summed E-state index contributed by atoms with van der Waals surface area (Å²) in [5, 5.41) is 0. The summed E-state index contributed by atoms with van der Waals surface area (Å²) >= 11 is 0. The number of hydrogen-bond donors (Lipinski definition) is 0. The van der Waals surface area contributed by atoms with Crippen LogP contribution in [0.3, 0.4) is 0 Å². The maximum absolute atomic E-state index is 14.2. The van der Waals surface area contributed by atoms with Crippen molar-refractivity contribution >= 4 is 0 Å². The van der Waals surface area contributed by atoms with Crippen LogP contribution in [0.25, 0.3) is 0 Å². The first-order chi connectivity index (χ1) is 11.8. The van der Waals surface area contributed by atoms with Crippen molar-refractivity contribution in [1.29, 1.82) is 0 Å². The van der Waals surface area contributed by atoms with Gasteiger partial charge in [-0.2, -0.15) is 70.2 Å². The summed E-state index contributed by atoms with van der Waals surface area (Å²) in [5.74, 6) is -66.8. The molecule has 0 bridgehead atoms. The fourth-order valence-corrected chi connectivity index (χ4v) is 2.91. The Morgan fingerprint density at radius 2 is 0.310 bits per heavy atom. The van der Waals surface area contributed by atoms with Crippen molar-refractivity contribution in [3.8, 4) is 0 Å². The Hall–Kier alpha value is -1.26. The highest BCUT2D eigenvalue weighted by atomic mass is 19.4. The molecule has 0 spiro atoms. The van der Waals surface area contributed by atoms with E-state index < -0.39 is 58.7 Å². The Morgan fingerprint density at radius 1 is 0.207 bits per heavy atom. The zero-order chi connectivity index (χ0) is 23.0. The number of halogens is 18. The lowest BCUT2D eigenvalue weighted by Crippen LogP contribution is -2.98. The van der Waals surface area contributed by atoms with E-state index in [4.69, 9.17) is 0 Å². The maximum atomic E-state index is 14.2. The second-order valence-electron chi connectivity index (χ2n) is 5.91. The molecule has 2 saturated carbocycles. The zero-order valence-corrected chi connectivity index (χ0v) is 11.8. The fraction of sp³-hybridized carbons (Fsp3) is 1.00. The average molecular weight is 478 g/mol. The number of alkyl halides is 18. The summed E-state index contributed by atoms with van der Waals surface area (Å²) < 4.78 is 241. The molecule has 0 heterocycles. The van der Waals surface area contributed by atoms with Gasteiger partial charge in [-0.1, -0.05) is 7.43 Å². The second-order valence-corrected chi connectivity index (χ2v) is 5.91. The Kier molecular flexibility index (Phi) is 4.56. The van der Waals surface area contributed by atoms with Crippen molar-refractivity contribution in [1.82, 2.24) is 0 Å². The third-order valence-corrected chi connectivity index (χ3v) is 4.57. The van der Waals surface area contributed by atoms with E-state index in [2.05, 4.69) is 0 Å². The first-order valence-corrected chi connectivity index (χ1v) is 6.15. The molecule has 0 aromatic heterocycles. The van der Waals surface area contributed by atoms with Gasteiger partial charge in [0.1, 0.15) is 0 Å². The molecule has 0 N–H and O–H groups in total. The van der Waals surface area contributed by atoms with E-state index in [-0.39, 0.29) is 7.43 Å². The molecule has 0 saturated heterocycles. The van der Waals surface area contributed by atoms with Crippen molar-refractivity contribution in [3.05, 3.63) is 0 Å². The molecular weight excluding hydrogens is 474 g/mol. The lowest BCUT2D eigenvalue weighted by Gasteiger charge is -2.63. The van der Waals surface area contributed by atoms with Crippen molar-refractivity contribution in [2.45, 2.75) is 66.1 Å². The molecule has 18 heteroatoms. The number of rotatable bonds is 0. The van der Waals surface area contributed by atoms with Gasteiger partial charge in [0, 0.05) is 0 Å². The van der Waals surface area contributed by atoms with E-state index in [0.29, 0.717) is 0 Å². The summed E-state index contributed by atoms with van der Waals surface area (Å²) in [4.78, 5) is 0. The predicted octanol–water partition coefficient (Wildman–Crippen LogP) is 6.15. The van der Waals surface area contributed by atoms with Gasteiger partial charge < -0.3 is 0 Å². The van der Waals surface area contributed by atoms with Gasteiger partial charge in [0.15, 0.2) is 0 Å². The highest BCUT2D eigenvalue weighted by Crippen LogP contribution is 2.81. The lowest BCUT2D eigenvalue weighted by molar-refractivity contribution is -0.560. The first kappa shape index (κ1) is 25.8. The fourth-order valence-electron chi connectivity index (χ4n) is 2.91. The predicted molar refractivity (Wildman–Crippen MR) is 54.0 cm³/mol. The average Bonchev–Trinajstić information content (AvgIpc) is 2.49. The lowest BCUT2D eigenvalue weighted by atomic mass is 9.54. The van der Waals surface area contributed by atoms with Gasteiger partial charge in [0.25, 0.3) is 11.3 Å². The van der Waals surface area contributed by atoms with Crippen LogP contribution in [0.4, 0.5) is 79.0 Å². The molecule has 174 valence electrons. The van der Waals surface area contributed by atoms with Crippen LogP contribution in [-0.2, 0) is 0 Å². The van der Waals surface area contributed by atoms with Gasteiger partial charge in [-0.15, -0.1) is 0 Å². The smallest absolute Gasteiger partial charge is 0.226 e.